The Hall–Kier alpha value is -2.49. The molecule has 2 heterocycles. The normalized spacial score (nSPS) is 26.8. The smallest absolute Gasteiger partial charge is 0.331 e. The van der Waals surface area contributed by atoms with E-state index in [4.69, 9.17) is 0 Å². The van der Waals surface area contributed by atoms with E-state index < -0.39 is 35.2 Å². The Morgan fingerprint density at radius 1 is 1.37 bits per heavy atom. The predicted molar refractivity (Wildman–Crippen MR) is 57.8 cm³/mol. The average molecular weight is 272 g/mol. The number of carbonyl (C=O) groups is 2. The fraction of sp³-hybridized carbons (Fsp3) is 0.333. The fourth-order valence-electron chi connectivity index (χ4n) is 1.62. The lowest BCUT2D eigenvalue weighted by atomic mass is 10.1. The molecule has 0 saturated carbocycles. The van der Waals surface area contributed by atoms with Crippen LogP contribution in [0.15, 0.2) is 15.8 Å². The minimum Gasteiger partial charge on any atom is -0.368 e. The number of aliphatic hydroxyl groups excluding tert-OH is 1. The van der Waals surface area contributed by atoms with Crippen molar-refractivity contribution in [2.75, 3.05) is 0 Å². The maximum absolute atomic E-state index is 14.6. The number of amides is 3. The summed E-state index contributed by atoms with van der Waals surface area (Å²) in [6, 6.07) is -1.10. The summed E-state index contributed by atoms with van der Waals surface area (Å²) >= 11 is 0. The summed E-state index contributed by atoms with van der Waals surface area (Å²) < 4.78 is 14.8. The highest BCUT2D eigenvalue weighted by atomic mass is 19.1. The van der Waals surface area contributed by atoms with Crippen molar-refractivity contribution in [1.82, 2.24) is 20.2 Å². The zero-order valence-corrected chi connectivity index (χ0v) is 9.56. The highest BCUT2D eigenvalue weighted by Crippen LogP contribution is 2.23. The van der Waals surface area contributed by atoms with Gasteiger partial charge in [0.15, 0.2) is 6.23 Å². The molecule has 1 aliphatic heterocycles. The van der Waals surface area contributed by atoms with Crippen LogP contribution in [0.1, 0.15) is 5.56 Å². The van der Waals surface area contributed by atoms with Gasteiger partial charge in [-0.3, -0.25) is 24.5 Å². The molecule has 2 unspecified atom stereocenters. The molecule has 10 heteroatoms. The Morgan fingerprint density at radius 3 is 2.58 bits per heavy atom. The molecule has 0 bridgehead atoms. The quantitative estimate of drug-likeness (QED) is 0.453. The highest BCUT2D eigenvalue weighted by molar-refractivity contribution is 6.00. The van der Waals surface area contributed by atoms with E-state index in [2.05, 4.69) is 0 Å². The second kappa shape index (κ2) is 4.02. The number of H-pyrrole nitrogens is 1. The third-order valence-corrected chi connectivity index (χ3v) is 2.65. The fourth-order valence-corrected chi connectivity index (χ4v) is 1.62. The molecule has 3 amide bonds. The van der Waals surface area contributed by atoms with Crippen LogP contribution in [0.5, 0.6) is 0 Å². The van der Waals surface area contributed by atoms with Crippen LogP contribution in [0.25, 0.3) is 0 Å². The van der Waals surface area contributed by atoms with E-state index in [-0.39, 0.29) is 10.1 Å². The van der Waals surface area contributed by atoms with Crippen molar-refractivity contribution in [3.05, 3.63) is 32.6 Å². The first-order chi connectivity index (χ1) is 8.76. The summed E-state index contributed by atoms with van der Waals surface area (Å²) in [6.07, 6.45) is -1.49. The summed E-state index contributed by atoms with van der Waals surface area (Å²) in [5, 5.41) is 12.8. The second-order valence-corrected chi connectivity index (χ2v) is 3.94. The summed E-state index contributed by atoms with van der Waals surface area (Å²) in [6.45, 7) is 1.28. The van der Waals surface area contributed by atoms with Gasteiger partial charge in [-0.05, 0) is 6.92 Å². The lowest BCUT2D eigenvalue weighted by Crippen LogP contribution is -2.69. The molecular formula is C9H9FN4O5. The van der Waals surface area contributed by atoms with Crippen LogP contribution < -0.4 is 21.9 Å². The Balaban J connectivity index is 2.65. The van der Waals surface area contributed by atoms with Gasteiger partial charge in [-0.25, -0.2) is 14.0 Å². The molecule has 1 aromatic heterocycles. The lowest BCUT2D eigenvalue weighted by Gasteiger charge is -2.34. The number of carbonyl (C=O) groups excluding carboxylic acids is 2. The highest BCUT2D eigenvalue weighted by Gasteiger charge is 2.53. The van der Waals surface area contributed by atoms with E-state index in [1.165, 1.54) is 6.92 Å². The molecule has 1 aliphatic rings. The Labute approximate surface area is 104 Å². The van der Waals surface area contributed by atoms with Crippen molar-refractivity contribution in [2.24, 2.45) is 0 Å². The van der Waals surface area contributed by atoms with Gasteiger partial charge < -0.3 is 10.4 Å². The van der Waals surface area contributed by atoms with Crippen LogP contribution >= 0.6 is 0 Å². The minimum absolute atomic E-state index is 0.0477. The lowest BCUT2D eigenvalue weighted by molar-refractivity contribution is -0.158. The second-order valence-electron chi connectivity index (χ2n) is 3.94. The van der Waals surface area contributed by atoms with Crippen molar-refractivity contribution in [1.29, 1.82) is 0 Å². The Morgan fingerprint density at radius 2 is 2.00 bits per heavy atom. The number of aliphatic hydroxyl groups is 1. The van der Waals surface area contributed by atoms with E-state index in [1.807, 2.05) is 0 Å². The van der Waals surface area contributed by atoms with Crippen LogP contribution in [0.4, 0.5) is 9.18 Å². The van der Waals surface area contributed by atoms with Gasteiger partial charge in [-0.15, -0.1) is 0 Å². The topological polar surface area (TPSA) is 133 Å². The standard InChI is InChI=1S/C9H9FN4O5/c1-3-2-14(8(19)11-4(3)15)9(10)5(16)12-7(18)13-6(9)17/h2,5,16H,1H3,(H,11,15,19)(H2,12,13,17,18). The molecule has 0 spiro atoms. The Kier molecular flexibility index (Phi) is 2.74. The molecule has 19 heavy (non-hydrogen) atoms. The van der Waals surface area contributed by atoms with Gasteiger partial charge in [0.2, 0.25) is 0 Å². The number of nitrogens with one attached hydrogen (secondary N) is 3. The molecule has 0 aliphatic carbocycles. The number of alkyl halides is 1. The van der Waals surface area contributed by atoms with Gasteiger partial charge in [0.25, 0.3) is 11.5 Å². The molecular weight excluding hydrogens is 263 g/mol. The van der Waals surface area contributed by atoms with E-state index in [9.17, 15) is 28.7 Å². The molecule has 2 rings (SSSR count). The van der Waals surface area contributed by atoms with Gasteiger partial charge in [0, 0.05) is 11.8 Å². The maximum atomic E-state index is 14.6. The molecule has 1 saturated heterocycles. The van der Waals surface area contributed by atoms with Crippen LogP contribution in [-0.2, 0) is 10.6 Å². The van der Waals surface area contributed by atoms with Gasteiger partial charge >= 0.3 is 17.5 Å². The number of nitrogens with zero attached hydrogens (tertiary/aromatic N) is 1. The third-order valence-electron chi connectivity index (χ3n) is 2.65. The molecule has 1 fully saturated rings. The van der Waals surface area contributed by atoms with E-state index >= 15 is 0 Å². The number of aromatic nitrogens is 2. The SMILES string of the molecule is Cc1cn(C2(F)C(=O)NC(=O)NC2O)c(=O)[nH]c1=O. The van der Waals surface area contributed by atoms with Crippen molar-refractivity contribution in [3.63, 3.8) is 0 Å². The first-order valence-corrected chi connectivity index (χ1v) is 5.09. The number of hydrogen-bond donors (Lipinski definition) is 4. The van der Waals surface area contributed by atoms with Crippen LogP contribution in [0.2, 0.25) is 0 Å². The van der Waals surface area contributed by atoms with E-state index in [0.29, 0.717) is 0 Å². The number of aromatic amines is 1. The molecule has 0 aromatic carbocycles. The first-order valence-electron chi connectivity index (χ1n) is 5.09. The molecule has 102 valence electrons. The summed E-state index contributed by atoms with van der Waals surface area (Å²) in [7, 11) is 0. The van der Waals surface area contributed by atoms with Crippen LogP contribution in [0, 0.1) is 6.92 Å². The van der Waals surface area contributed by atoms with Crippen LogP contribution in [-0.4, -0.2) is 32.8 Å². The van der Waals surface area contributed by atoms with Gasteiger partial charge in [0.1, 0.15) is 0 Å². The van der Waals surface area contributed by atoms with Gasteiger partial charge in [-0.1, -0.05) is 0 Å². The molecule has 1 aromatic rings. The third kappa shape index (κ3) is 1.81. The van der Waals surface area contributed by atoms with Crippen molar-refractivity contribution >= 4 is 11.9 Å². The van der Waals surface area contributed by atoms with E-state index in [0.717, 1.165) is 6.20 Å². The minimum atomic E-state index is -3.25. The zero-order valence-electron chi connectivity index (χ0n) is 9.56. The monoisotopic (exact) mass is 272 g/mol. The number of halogens is 1. The number of imide groups is 1. The van der Waals surface area contributed by atoms with Crippen molar-refractivity contribution < 1.29 is 19.1 Å². The summed E-state index contributed by atoms with van der Waals surface area (Å²) in [5.41, 5.74) is -2.03. The largest absolute Gasteiger partial charge is 0.368 e. The van der Waals surface area contributed by atoms with Gasteiger partial charge in [-0.2, -0.15) is 0 Å². The molecule has 0 radical (unpaired) electrons. The van der Waals surface area contributed by atoms with Crippen LogP contribution in [0.3, 0.4) is 0 Å². The summed E-state index contributed by atoms with van der Waals surface area (Å²) in [4.78, 5) is 46.9. The average Bonchev–Trinajstić information content (AvgIpc) is 2.30. The van der Waals surface area contributed by atoms with Crippen molar-refractivity contribution in [3.8, 4) is 0 Å². The molecule has 4 N–H and O–H groups in total. The van der Waals surface area contributed by atoms with E-state index in [1.54, 1.807) is 15.6 Å². The molecule has 2 atom stereocenters. The zero-order chi connectivity index (χ0) is 14.4. The molecule has 9 nitrogen and oxygen atoms in total. The predicted octanol–water partition coefficient (Wildman–Crippen LogP) is -2.37. The first kappa shape index (κ1) is 13.0. The number of urea groups is 1. The van der Waals surface area contributed by atoms with Gasteiger partial charge in [0.05, 0.1) is 0 Å². The van der Waals surface area contributed by atoms with Crippen molar-refractivity contribution in [2.45, 2.75) is 18.9 Å². The number of aryl methyl sites for hydroxylation is 1. The maximum Gasteiger partial charge on any atom is 0.331 e. The number of hydrogen-bond acceptors (Lipinski definition) is 5. The Bertz CT molecular complexity index is 680. The number of rotatable bonds is 1. The summed E-state index contributed by atoms with van der Waals surface area (Å²) in [5.74, 6) is -4.77.